The molecule has 0 saturated carbocycles. The van der Waals surface area contributed by atoms with E-state index >= 15 is 0 Å². The number of benzene rings is 2. The Balaban J connectivity index is 1.26. The maximum atomic E-state index is 11.4. The molecule has 0 amide bonds. The van der Waals surface area contributed by atoms with Gasteiger partial charge in [-0.2, -0.15) is 0 Å². The van der Waals surface area contributed by atoms with Crippen LogP contribution in [0.15, 0.2) is 61.1 Å². The highest BCUT2D eigenvalue weighted by Crippen LogP contribution is 2.30. The number of hydrogen-bond donors (Lipinski definition) is 2. The summed E-state index contributed by atoms with van der Waals surface area (Å²) in [5.41, 5.74) is 6.29. The topological polar surface area (TPSA) is 91.2 Å². The molecule has 1 atom stereocenters. The summed E-state index contributed by atoms with van der Waals surface area (Å²) in [5.74, 6) is -0.489. The molecule has 2 aromatic carbocycles. The average Bonchev–Trinajstić information content (AvgIpc) is 3.36. The van der Waals surface area contributed by atoms with E-state index < -0.39 is 5.97 Å². The quantitative estimate of drug-likeness (QED) is 0.366. The van der Waals surface area contributed by atoms with Crippen molar-refractivity contribution >= 4 is 28.5 Å². The first-order valence-corrected chi connectivity index (χ1v) is 12.7. The van der Waals surface area contributed by atoms with Gasteiger partial charge in [-0.3, -0.25) is 4.98 Å². The van der Waals surface area contributed by atoms with Gasteiger partial charge in [-0.05, 0) is 80.9 Å². The second-order valence-corrected chi connectivity index (χ2v) is 9.79. The zero-order valence-corrected chi connectivity index (χ0v) is 20.2. The first-order chi connectivity index (χ1) is 17.6. The summed E-state index contributed by atoms with van der Waals surface area (Å²) in [6.45, 7) is 2.51. The Morgan fingerprint density at radius 1 is 0.972 bits per heavy atom. The van der Waals surface area contributed by atoms with Gasteiger partial charge >= 0.3 is 5.97 Å². The molecule has 6 rings (SSSR count). The second kappa shape index (κ2) is 9.66. The van der Waals surface area contributed by atoms with Gasteiger partial charge in [0.2, 0.25) is 5.95 Å². The van der Waals surface area contributed by atoms with Crippen LogP contribution in [0, 0.1) is 0 Å². The number of nitrogens with one attached hydrogen (secondary N) is 1. The third-order valence-corrected chi connectivity index (χ3v) is 7.52. The minimum Gasteiger partial charge on any atom is -0.478 e. The van der Waals surface area contributed by atoms with Gasteiger partial charge < -0.3 is 15.3 Å². The monoisotopic (exact) mass is 479 g/mol. The Hall–Kier alpha value is -3.84. The molecule has 36 heavy (non-hydrogen) atoms. The summed E-state index contributed by atoms with van der Waals surface area (Å²) in [5, 5.41) is 13.7. The van der Waals surface area contributed by atoms with Crippen LogP contribution in [0.25, 0.3) is 22.0 Å². The predicted molar refractivity (Wildman–Crippen MR) is 141 cm³/mol. The Morgan fingerprint density at radius 3 is 2.64 bits per heavy atom. The molecule has 1 aliphatic heterocycles. The van der Waals surface area contributed by atoms with Crippen LogP contribution < -0.4 is 5.32 Å². The van der Waals surface area contributed by atoms with Crippen LogP contribution in [-0.2, 0) is 12.8 Å². The number of rotatable bonds is 5. The highest BCUT2D eigenvalue weighted by Gasteiger charge is 2.24. The molecule has 1 unspecified atom stereocenters. The Labute approximate surface area is 210 Å². The maximum Gasteiger partial charge on any atom is 0.337 e. The molecule has 2 N–H and O–H groups in total. The summed E-state index contributed by atoms with van der Waals surface area (Å²) in [6, 6.07) is 14.8. The lowest BCUT2D eigenvalue weighted by molar-refractivity contribution is 0.0696. The predicted octanol–water partition coefficient (Wildman–Crippen LogP) is 5.48. The van der Waals surface area contributed by atoms with Crippen LogP contribution in [-0.4, -0.2) is 50.1 Å². The van der Waals surface area contributed by atoms with Gasteiger partial charge in [0.25, 0.3) is 0 Å². The third kappa shape index (κ3) is 4.54. The smallest absolute Gasteiger partial charge is 0.337 e. The molecule has 2 aromatic heterocycles. The number of nitrogens with zero attached hydrogens (tertiary/aromatic N) is 4. The van der Waals surface area contributed by atoms with Crippen LogP contribution in [0.5, 0.6) is 0 Å². The Bertz CT molecular complexity index is 1430. The number of para-hydroxylation sites is 1. The second-order valence-electron chi connectivity index (χ2n) is 9.79. The molecule has 1 saturated heterocycles. The van der Waals surface area contributed by atoms with E-state index in [1.807, 2.05) is 18.2 Å². The summed E-state index contributed by atoms with van der Waals surface area (Å²) in [6.07, 6.45) is 12.2. The van der Waals surface area contributed by atoms with Gasteiger partial charge in [-0.1, -0.05) is 24.3 Å². The zero-order valence-electron chi connectivity index (χ0n) is 20.2. The maximum absolute atomic E-state index is 11.4. The van der Waals surface area contributed by atoms with Crippen LogP contribution in [0.1, 0.15) is 47.2 Å². The largest absolute Gasteiger partial charge is 0.478 e. The minimum atomic E-state index is -1.00. The number of fused-ring (bicyclic) bond motifs is 2. The number of aromatic nitrogens is 3. The van der Waals surface area contributed by atoms with Crippen molar-refractivity contribution in [2.24, 2.45) is 0 Å². The van der Waals surface area contributed by atoms with E-state index in [1.54, 1.807) is 18.5 Å². The minimum absolute atomic E-state index is 0.147. The molecule has 3 heterocycles. The molecule has 7 heteroatoms. The number of likely N-dealkylation sites (tertiary alicyclic amines) is 1. The van der Waals surface area contributed by atoms with Crippen molar-refractivity contribution in [2.45, 2.75) is 44.6 Å². The summed E-state index contributed by atoms with van der Waals surface area (Å²) < 4.78 is 0. The molecule has 0 spiro atoms. The van der Waals surface area contributed by atoms with E-state index in [9.17, 15) is 9.90 Å². The molecular weight excluding hydrogens is 450 g/mol. The number of aromatic carboxylic acids is 1. The number of carboxylic acid groups (broad SMARTS) is 1. The van der Waals surface area contributed by atoms with Crippen LogP contribution >= 0.6 is 0 Å². The van der Waals surface area contributed by atoms with Crippen molar-refractivity contribution in [2.75, 3.05) is 18.4 Å². The lowest BCUT2D eigenvalue weighted by Crippen LogP contribution is -2.32. The van der Waals surface area contributed by atoms with E-state index in [0.717, 1.165) is 35.0 Å². The van der Waals surface area contributed by atoms with Crippen molar-refractivity contribution in [3.05, 3.63) is 77.7 Å². The molecule has 1 fully saturated rings. The normalized spacial score (nSPS) is 18.1. The third-order valence-electron chi connectivity index (χ3n) is 7.52. The van der Waals surface area contributed by atoms with Crippen LogP contribution in [0.2, 0.25) is 0 Å². The van der Waals surface area contributed by atoms with Gasteiger partial charge in [-0.25, -0.2) is 14.8 Å². The first kappa shape index (κ1) is 22.6. The number of carbonyl (C=O) groups is 1. The summed E-state index contributed by atoms with van der Waals surface area (Å²) in [4.78, 5) is 27.6. The molecule has 1 aliphatic carbocycles. The van der Waals surface area contributed by atoms with Gasteiger partial charge in [0.1, 0.15) is 0 Å². The van der Waals surface area contributed by atoms with E-state index in [1.165, 1.54) is 56.1 Å². The van der Waals surface area contributed by atoms with Gasteiger partial charge in [0, 0.05) is 46.8 Å². The fourth-order valence-electron chi connectivity index (χ4n) is 5.62. The fraction of sp³-hybridized carbons (Fsp3) is 0.310. The van der Waals surface area contributed by atoms with Crippen LogP contribution in [0.3, 0.4) is 0 Å². The summed E-state index contributed by atoms with van der Waals surface area (Å²) in [7, 11) is 0. The summed E-state index contributed by atoms with van der Waals surface area (Å²) >= 11 is 0. The fourth-order valence-corrected chi connectivity index (χ4v) is 5.62. The van der Waals surface area contributed by atoms with Crippen molar-refractivity contribution in [1.82, 2.24) is 19.9 Å². The number of pyridine rings is 1. The Kier molecular flexibility index (Phi) is 6.07. The van der Waals surface area contributed by atoms with E-state index in [0.29, 0.717) is 17.6 Å². The van der Waals surface area contributed by atoms with Crippen molar-refractivity contribution in [3.63, 3.8) is 0 Å². The number of hydrogen-bond acceptors (Lipinski definition) is 6. The SMILES string of the molecule is O=C(O)c1cncc(-c2cccc3cnc(Nc4ccc5c(c4)CCC(N4CCCC4)CC5)nc23)c1. The molecule has 182 valence electrons. The number of carboxylic acids is 1. The highest BCUT2D eigenvalue weighted by molar-refractivity contribution is 5.95. The Morgan fingerprint density at radius 2 is 1.81 bits per heavy atom. The van der Waals surface area contributed by atoms with E-state index in [4.69, 9.17) is 4.98 Å². The lowest BCUT2D eigenvalue weighted by Gasteiger charge is -2.25. The first-order valence-electron chi connectivity index (χ1n) is 12.7. The molecular formula is C29H29N5O2. The van der Waals surface area contributed by atoms with Crippen molar-refractivity contribution < 1.29 is 9.90 Å². The molecule has 7 nitrogen and oxygen atoms in total. The average molecular weight is 480 g/mol. The standard InChI is InChI=1S/C29H29N5O2/c35-28(36)23-14-22(16-30-17-23)26-5-3-4-21-18-31-29(33-27(21)26)32-24-9-6-19-7-10-25(11-8-20(19)15-24)34-12-1-2-13-34/h3-6,9,14-18,25H,1-2,7-8,10-13H2,(H,35,36)(H,31,32,33). The molecule has 0 radical (unpaired) electrons. The highest BCUT2D eigenvalue weighted by atomic mass is 16.4. The van der Waals surface area contributed by atoms with Crippen molar-refractivity contribution in [3.8, 4) is 11.1 Å². The lowest BCUT2D eigenvalue weighted by atomic mass is 10.0. The van der Waals surface area contributed by atoms with Crippen molar-refractivity contribution in [1.29, 1.82) is 0 Å². The zero-order chi connectivity index (χ0) is 24.5. The molecule has 0 bridgehead atoms. The van der Waals surface area contributed by atoms with Crippen LogP contribution in [0.4, 0.5) is 11.6 Å². The number of anilines is 2. The van der Waals surface area contributed by atoms with Gasteiger partial charge in [0.05, 0.1) is 11.1 Å². The van der Waals surface area contributed by atoms with Gasteiger partial charge in [-0.15, -0.1) is 0 Å². The molecule has 4 aromatic rings. The number of aryl methyl sites for hydroxylation is 2. The van der Waals surface area contributed by atoms with E-state index in [2.05, 4.69) is 38.4 Å². The van der Waals surface area contributed by atoms with Gasteiger partial charge in [0.15, 0.2) is 0 Å². The molecule has 2 aliphatic rings. The van der Waals surface area contributed by atoms with E-state index in [-0.39, 0.29) is 5.56 Å².